The van der Waals surface area contributed by atoms with Crippen LogP contribution in [0.3, 0.4) is 0 Å². The van der Waals surface area contributed by atoms with Gasteiger partial charge >= 0.3 is 0 Å². The molecule has 0 saturated heterocycles. The van der Waals surface area contributed by atoms with E-state index in [2.05, 4.69) is 50.5 Å². The number of pyridine rings is 1. The van der Waals surface area contributed by atoms with Crippen LogP contribution >= 0.6 is 0 Å². The molecule has 3 atom stereocenters. The Bertz CT molecular complexity index is 526. The van der Waals surface area contributed by atoms with Crippen molar-refractivity contribution in [2.24, 2.45) is 0 Å². The molecular weight excluding hydrogens is 348 g/mol. The average Bonchev–Trinajstić information content (AvgIpc) is 2.49. The fourth-order valence-electron chi connectivity index (χ4n) is 1.96. The number of nitrogens with zero attached hydrogens (tertiary/aromatic N) is 1. The van der Waals surface area contributed by atoms with Crippen LogP contribution in [0, 0.1) is 0 Å². The van der Waals surface area contributed by atoms with Crippen molar-refractivity contribution in [3.8, 4) is 0 Å². The lowest BCUT2D eigenvalue weighted by atomic mass is 9.99. The minimum atomic E-state index is -1.87. The van der Waals surface area contributed by atoms with Gasteiger partial charge in [0.05, 0.1) is 12.6 Å². The maximum atomic E-state index is 12.7. The first-order chi connectivity index (χ1) is 11.3. The van der Waals surface area contributed by atoms with E-state index in [1.54, 1.807) is 6.20 Å². The standard InChI is InChI=1S/C19H36N2O2SSi/c1-15(16-12-10-11-13-20-16)17(21-24(22)18(2,3)4)14-23-25(8,9)19(5,6)7/h10-13,15,17,21H,14H2,1-9H3/t15?,17?,24-/m1/s1. The highest BCUT2D eigenvalue weighted by atomic mass is 32.2. The van der Waals surface area contributed by atoms with Crippen LogP contribution in [0.5, 0.6) is 0 Å². The van der Waals surface area contributed by atoms with Crippen LogP contribution in [-0.4, -0.2) is 35.2 Å². The summed E-state index contributed by atoms with van der Waals surface area (Å²) in [6.45, 7) is 19.8. The van der Waals surface area contributed by atoms with Crippen molar-refractivity contribution >= 4 is 19.7 Å². The van der Waals surface area contributed by atoms with E-state index >= 15 is 0 Å². The number of nitrogens with one attached hydrogen (secondary N) is 1. The number of rotatable bonds is 7. The molecule has 0 bridgehead atoms. The van der Waals surface area contributed by atoms with Gasteiger partial charge in [0.2, 0.25) is 0 Å². The van der Waals surface area contributed by atoms with Gasteiger partial charge in [-0.15, -0.1) is 4.72 Å². The second-order valence-electron chi connectivity index (χ2n) is 9.22. The molecule has 0 aliphatic carbocycles. The van der Waals surface area contributed by atoms with Crippen molar-refractivity contribution in [1.29, 1.82) is 0 Å². The van der Waals surface area contributed by atoms with E-state index in [0.717, 1.165) is 5.69 Å². The van der Waals surface area contributed by atoms with Gasteiger partial charge in [0.25, 0.3) is 0 Å². The summed E-state index contributed by atoms with van der Waals surface area (Å²) in [5.74, 6) is 0.109. The number of hydrogen-bond donors (Lipinski definition) is 1. The first-order valence-electron chi connectivity index (χ1n) is 8.98. The Balaban J connectivity index is 2.95. The van der Waals surface area contributed by atoms with Crippen LogP contribution in [0.25, 0.3) is 0 Å². The Labute approximate surface area is 158 Å². The van der Waals surface area contributed by atoms with E-state index in [1.807, 2.05) is 39.0 Å². The molecule has 144 valence electrons. The van der Waals surface area contributed by atoms with Gasteiger partial charge in [-0.3, -0.25) is 4.98 Å². The fraction of sp³-hybridized carbons (Fsp3) is 0.737. The highest BCUT2D eigenvalue weighted by molar-refractivity contribution is 7.90. The molecule has 1 aromatic rings. The summed E-state index contributed by atoms with van der Waals surface area (Å²) in [4.78, 5) is 4.48. The molecule has 0 aliphatic heterocycles. The van der Waals surface area contributed by atoms with Crippen LogP contribution in [-0.2, 0) is 15.8 Å². The summed E-state index contributed by atoms with van der Waals surface area (Å²) in [7, 11) is -1.87. The van der Waals surface area contributed by atoms with E-state index in [4.69, 9.17) is 4.43 Å². The maximum Gasteiger partial charge on any atom is 0.192 e. The lowest BCUT2D eigenvalue weighted by Crippen LogP contribution is -2.51. The molecule has 1 N–H and O–H groups in total. The Morgan fingerprint density at radius 1 is 1.20 bits per heavy atom. The largest absolute Gasteiger partial charge is 0.598 e. The maximum absolute atomic E-state index is 12.7. The van der Waals surface area contributed by atoms with Crippen LogP contribution in [0.1, 0.15) is 60.1 Å². The van der Waals surface area contributed by atoms with E-state index < -0.39 is 19.7 Å². The molecule has 0 saturated carbocycles. The third-order valence-electron chi connectivity index (χ3n) is 5.00. The van der Waals surface area contributed by atoms with Crippen LogP contribution in [0.15, 0.2) is 24.4 Å². The zero-order valence-corrected chi connectivity index (χ0v) is 19.2. The average molecular weight is 385 g/mol. The van der Waals surface area contributed by atoms with Crippen LogP contribution in [0.4, 0.5) is 0 Å². The molecular formula is C19H36N2O2SSi. The molecule has 0 amide bonds. The fourth-order valence-corrected chi connectivity index (χ4v) is 3.89. The quantitative estimate of drug-likeness (QED) is 0.550. The van der Waals surface area contributed by atoms with Crippen molar-refractivity contribution in [2.75, 3.05) is 6.61 Å². The minimum absolute atomic E-state index is 0.0518. The van der Waals surface area contributed by atoms with Gasteiger partial charge in [0.15, 0.2) is 8.32 Å². The van der Waals surface area contributed by atoms with Gasteiger partial charge in [-0.25, -0.2) is 0 Å². The highest BCUT2D eigenvalue weighted by Gasteiger charge is 2.39. The number of aromatic nitrogens is 1. The summed E-state index contributed by atoms with van der Waals surface area (Å²) < 4.78 is 22.1. The van der Waals surface area contributed by atoms with E-state index in [1.165, 1.54) is 0 Å². The second-order valence-corrected chi connectivity index (χ2v) is 16.0. The zero-order chi connectivity index (χ0) is 19.5. The van der Waals surface area contributed by atoms with Gasteiger partial charge in [-0.1, -0.05) is 33.8 Å². The lowest BCUT2D eigenvalue weighted by molar-refractivity contribution is 0.240. The number of hydrogen-bond acceptors (Lipinski definition) is 4. The van der Waals surface area contributed by atoms with E-state index in [9.17, 15) is 4.55 Å². The molecule has 0 fully saturated rings. The third-order valence-corrected chi connectivity index (χ3v) is 11.1. The summed E-state index contributed by atoms with van der Waals surface area (Å²) in [5, 5.41) is 0.148. The van der Waals surface area contributed by atoms with Crippen molar-refractivity contribution < 1.29 is 8.98 Å². The summed E-state index contributed by atoms with van der Waals surface area (Å²) >= 11 is -1.15. The molecule has 25 heavy (non-hydrogen) atoms. The van der Waals surface area contributed by atoms with Gasteiger partial charge in [-0.2, -0.15) is 0 Å². The van der Waals surface area contributed by atoms with Crippen molar-refractivity contribution in [2.45, 2.75) is 83.3 Å². The summed E-state index contributed by atoms with van der Waals surface area (Å²) in [6.07, 6.45) is 1.80. The predicted molar refractivity (Wildman–Crippen MR) is 111 cm³/mol. The second kappa shape index (κ2) is 8.52. The van der Waals surface area contributed by atoms with Crippen LogP contribution < -0.4 is 4.72 Å². The Morgan fingerprint density at radius 3 is 2.24 bits per heavy atom. The topological polar surface area (TPSA) is 57.2 Å². The first kappa shape index (κ1) is 22.6. The van der Waals surface area contributed by atoms with Gasteiger partial charge in [-0.05, 0) is 51.0 Å². The molecule has 1 heterocycles. The smallest absolute Gasteiger partial charge is 0.192 e. The van der Waals surface area contributed by atoms with Crippen molar-refractivity contribution in [3.63, 3.8) is 0 Å². The van der Waals surface area contributed by atoms with Crippen molar-refractivity contribution in [1.82, 2.24) is 9.71 Å². The monoisotopic (exact) mass is 384 g/mol. The normalized spacial score (nSPS) is 17.2. The molecule has 0 aromatic carbocycles. The third kappa shape index (κ3) is 6.68. The SMILES string of the molecule is CC(c1ccccn1)C(CO[Si](C)(C)C(C)(C)C)N[S@+]([O-])C(C)(C)C. The molecule has 0 aliphatic rings. The Kier molecular flexibility index (Phi) is 7.72. The lowest BCUT2D eigenvalue weighted by Gasteiger charge is -2.38. The summed E-state index contributed by atoms with van der Waals surface area (Å²) in [6, 6.07) is 5.87. The van der Waals surface area contributed by atoms with E-state index in [-0.39, 0.29) is 21.7 Å². The minimum Gasteiger partial charge on any atom is -0.598 e. The zero-order valence-electron chi connectivity index (χ0n) is 17.3. The Morgan fingerprint density at radius 2 is 1.80 bits per heavy atom. The van der Waals surface area contributed by atoms with Crippen molar-refractivity contribution in [3.05, 3.63) is 30.1 Å². The van der Waals surface area contributed by atoms with Crippen LogP contribution in [0.2, 0.25) is 18.1 Å². The Hall–Kier alpha value is -0.403. The summed E-state index contributed by atoms with van der Waals surface area (Å²) in [5.41, 5.74) is 0.991. The highest BCUT2D eigenvalue weighted by Crippen LogP contribution is 2.37. The molecule has 2 unspecified atom stereocenters. The predicted octanol–water partition coefficient (Wildman–Crippen LogP) is 4.63. The molecule has 4 nitrogen and oxygen atoms in total. The van der Waals surface area contributed by atoms with Gasteiger partial charge in [0.1, 0.15) is 4.75 Å². The molecule has 1 rings (SSSR count). The first-order valence-corrected chi connectivity index (χ1v) is 13.0. The molecule has 0 radical (unpaired) electrons. The molecule has 1 aromatic heterocycles. The molecule has 0 spiro atoms. The molecule has 6 heteroatoms. The van der Waals surface area contributed by atoms with E-state index in [0.29, 0.717) is 6.61 Å². The van der Waals surface area contributed by atoms with Gasteiger partial charge < -0.3 is 8.98 Å². The van der Waals surface area contributed by atoms with Gasteiger partial charge in [0, 0.05) is 29.2 Å².